The molecule has 0 aliphatic carbocycles. The quantitative estimate of drug-likeness (QED) is 0.0181. The summed E-state index contributed by atoms with van der Waals surface area (Å²) in [6.45, 7) is 0.430. The Morgan fingerprint density at radius 2 is 0.616 bits per heavy atom. The number of fused-ring (bicyclic) bond motifs is 4. The van der Waals surface area contributed by atoms with Crippen LogP contribution in [-0.2, 0) is 76.9 Å². The fourth-order valence-electron chi connectivity index (χ4n) is 10.4. The first-order valence-corrected chi connectivity index (χ1v) is 27.7. The van der Waals surface area contributed by atoms with Gasteiger partial charge >= 0.3 is 23.9 Å². The highest BCUT2D eigenvalue weighted by molar-refractivity contribution is 5.89. The summed E-state index contributed by atoms with van der Waals surface area (Å²) in [7, 11) is 5.26. The van der Waals surface area contributed by atoms with Gasteiger partial charge in [0, 0.05) is 107 Å². The van der Waals surface area contributed by atoms with E-state index in [4.69, 9.17) is 38.9 Å². The van der Waals surface area contributed by atoms with Gasteiger partial charge in [-0.25, -0.2) is 19.2 Å². The molecular weight excluding hydrogens is 1100 g/mol. The molecule has 0 amide bonds. The van der Waals surface area contributed by atoms with Crippen LogP contribution in [0.25, 0.3) is 43.6 Å². The number of aromatic amines is 4. The molecule has 86 heavy (non-hydrogen) atoms. The van der Waals surface area contributed by atoms with Gasteiger partial charge < -0.3 is 70.8 Å². The third-order valence-electron chi connectivity index (χ3n) is 14.7. The average molecular weight is 1160 g/mol. The number of benzene rings is 5. The highest BCUT2D eigenvalue weighted by Crippen LogP contribution is 2.27. The Labute approximate surface area is 492 Å². The van der Waals surface area contributed by atoms with Crippen molar-refractivity contribution < 1.29 is 38.1 Å². The van der Waals surface area contributed by atoms with Crippen molar-refractivity contribution in [1.29, 1.82) is 0 Å². The minimum Gasteiger partial charge on any atom is -0.467 e. The number of ether oxygens (including phenoxy) is 4. The van der Waals surface area contributed by atoms with Crippen molar-refractivity contribution in [3.05, 3.63) is 179 Å². The van der Waals surface area contributed by atoms with Crippen molar-refractivity contribution >= 4 is 103 Å². The maximum atomic E-state index is 13.5. The van der Waals surface area contributed by atoms with Gasteiger partial charge in [-0.1, -0.05) is 97.1 Å². The summed E-state index contributed by atoms with van der Waals surface area (Å²) in [5.41, 5.74) is 8.76. The highest BCUT2D eigenvalue weighted by Gasteiger charge is 2.28. The number of esters is 4. The Hall–Kier alpha value is -11.0. The van der Waals surface area contributed by atoms with E-state index in [1.807, 2.05) is 146 Å². The summed E-state index contributed by atoms with van der Waals surface area (Å²) in [6, 6.07) is 35.1. The zero-order chi connectivity index (χ0) is 59.5. The van der Waals surface area contributed by atoms with E-state index in [1.54, 1.807) is 0 Å². The molecular formula is C62H62N16O8. The first-order chi connectivity index (χ1) is 42.0. The molecule has 11 rings (SSSR count). The van der Waals surface area contributed by atoms with Crippen LogP contribution < -0.4 is 31.9 Å². The number of hydrogen-bond acceptors (Lipinski definition) is 20. The second-order valence-electron chi connectivity index (χ2n) is 20.3. The van der Waals surface area contributed by atoms with Crippen molar-refractivity contribution in [3.63, 3.8) is 0 Å². The number of methoxy groups -OCH3 is 4. The van der Waals surface area contributed by atoms with E-state index < -0.39 is 48.0 Å². The largest absolute Gasteiger partial charge is 0.467 e. The zero-order valence-corrected chi connectivity index (χ0v) is 47.4. The number of H-pyrrole nitrogens is 4. The van der Waals surface area contributed by atoms with E-state index >= 15 is 0 Å². The lowest BCUT2D eigenvalue weighted by atomic mass is 10.1. The van der Waals surface area contributed by atoms with Gasteiger partial charge in [0.25, 0.3) is 0 Å². The second-order valence-corrected chi connectivity index (χ2v) is 20.3. The zero-order valence-electron chi connectivity index (χ0n) is 47.4. The Morgan fingerprint density at radius 3 is 0.884 bits per heavy atom. The number of para-hydroxylation sites is 4. The molecule has 0 spiro atoms. The standard InChI is InChI=1S/C62H62N16O8/c1-83-53(79)49(25-37-31-63-45-20-9-5-16-41(37)45)69-59-73-57(74-60(77-59)70-50(54(80)84-2)26-38-32-64-46-21-10-6-17-42(38)46)67-29-35-14-13-15-36(24-35)30-68-58-75-61(71-51(55(81)85-3)27-39-33-65-47-22-11-7-18-43(39)47)78-62(76-58)72-52(56(82)86-4)28-40-34-66-48-23-12-8-19-44(40)48/h5-24,31-34,49-52,63-66H,25-30H2,1-4H3,(H3,67,69,70,73,74,77)(H3,68,71,72,75,76,78)/t49-,50-,51-,52-/m0/s1. The molecule has 0 fully saturated rings. The molecule has 4 atom stereocenters. The van der Waals surface area contributed by atoms with Gasteiger partial charge in [0.2, 0.25) is 35.7 Å². The van der Waals surface area contributed by atoms with Crippen LogP contribution in [0.15, 0.2) is 146 Å². The number of carbonyl (C=O) groups is 4. The smallest absolute Gasteiger partial charge is 0.328 e. The monoisotopic (exact) mass is 1160 g/mol. The predicted octanol–water partition coefficient (Wildman–Crippen LogP) is 7.99. The van der Waals surface area contributed by atoms with Gasteiger partial charge in [-0.15, -0.1) is 0 Å². The fourth-order valence-corrected chi connectivity index (χ4v) is 10.4. The average Bonchev–Trinajstić information content (AvgIpc) is 4.53. The topological polar surface area (TPSA) is 318 Å². The van der Waals surface area contributed by atoms with Crippen molar-refractivity contribution in [1.82, 2.24) is 49.8 Å². The van der Waals surface area contributed by atoms with E-state index in [9.17, 15) is 19.2 Å². The minimum absolute atomic E-state index is 0.0284. The van der Waals surface area contributed by atoms with Gasteiger partial charge in [-0.2, -0.15) is 29.9 Å². The van der Waals surface area contributed by atoms with E-state index in [1.165, 1.54) is 28.4 Å². The molecule has 0 aliphatic rings. The summed E-state index contributed by atoms with van der Waals surface area (Å²) in [5.74, 6) is -1.84. The number of anilines is 6. The van der Waals surface area contributed by atoms with Crippen LogP contribution >= 0.6 is 0 Å². The molecule has 5 aromatic carbocycles. The first kappa shape index (κ1) is 56.8. The molecule has 0 saturated heterocycles. The SMILES string of the molecule is COC(=O)[C@H](Cc1c[nH]c2ccccc12)Nc1nc(NCc2cccc(CNc3nc(N[C@@H](Cc4c[nH]c5ccccc45)C(=O)OC)nc(N[C@@H](Cc4c[nH]c5ccccc45)C(=O)OC)n3)c2)nc(N[C@@H](Cc2c[nH]c3ccccc23)C(=O)OC)n1. The van der Waals surface area contributed by atoms with Crippen molar-refractivity contribution in [2.45, 2.75) is 62.9 Å². The number of carbonyl (C=O) groups excluding carboxylic acids is 4. The van der Waals surface area contributed by atoms with Gasteiger partial charge in [0.05, 0.1) is 28.4 Å². The highest BCUT2D eigenvalue weighted by atomic mass is 16.5. The summed E-state index contributed by atoms with van der Waals surface area (Å²) >= 11 is 0. The molecule has 0 radical (unpaired) electrons. The number of nitrogens with one attached hydrogen (secondary N) is 10. The van der Waals surface area contributed by atoms with Crippen LogP contribution in [0.1, 0.15) is 33.4 Å². The van der Waals surface area contributed by atoms with Crippen LogP contribution in [0.3, 0.4) is 0 Å². The van der Waals surface area contributed by atoms with Crippen molar-refractivity contribution in [3.8, 4) is 0 Å². The van der Waals surface area contributed by atoms with Gasteiger partial charge in [0.1, 0.15) is 24.2 Å². The lowest BCUT2D eigenvalue weighted by molar-refractivity contribution is -0.142. The number of rotatable bonds is 26. The maximum absolute atomic E-state index is 13.5. The third-order valence-corrected chi connectivity index (χ3v) is 14.7. The molecule has 6 heterocycles. The van der Waals surface area contributed by atoms with Gasteiger partial charge in [-0.3, -0.25) is 0 Å². The third kappa shape index (κ3) is 13.2. The van der Waals surface area contributed by atoms with Crippen LogP contribution in [-0.4, -0.2) is 126 Å². The van der Waals surface area contributed by atoms with E-state index in [-0.39, 0.29) is 74.5 Å². The maximum Gasteiger partial charge on any atom is 0.328 e. The summed E-state index contributed by atoms with van der Waals surface area (Å²) in [5, 5.41) is 23.1. The summed E-state index contributed by atoms with van der Waals surface area (Å²) in [4.78, 5) is 95.2. The summed E-state index contributed by atoms with van der Waals surface area (Å²) < 4.78 is 21.1. The molecule has 11 aromatic rings. The number of nitrogens with zero attached hydrogens (tertiary/aromatic N) is 6. The normalized spacial score (nSPS) is 12.7. The first-order valence-electron chi connectivity index (χ1n) is 27.7. The molecule has 24 nitrogen and oxygen atoms in total. The van der Waals surface area contributed by atoms with Crippen LogP contribution in [0.2, 0.25) is 0 Å². The Morgan fingerprint density at radius 1 is 0.360 bits per heavy atom. The molecule has 438 valence electrons. The molecule has 24 heteroatoms. The lowest BCUT2D eigenvalue weighted by Gasteiger charge is -2.20. The molecule has 6 aromatic heterocycles. The van der Waals surface area contributed by atoms with Crippen LogP contribution in [0, 0.1) is 0 Å². The van der Waals surface area contributed by atoms with Crippen molar-refractivity contribution in [2.24, 2.45) is 0 Å². The number of hydrogen-bond donors (Lipinski definition) is 10. The predicted molar refractivity (Wildman–Crippen MR) is 326 cm³/mol. The van der Waals surface area contributed by atoms with Crippen molar-refractivity contribution in [2.75, 3.05) is 60.3 Å². The van der Waals surface area contributed by atoms with Crippen LogP contribution in [0.4, 0.5) is 35.7 Å². The lowest BCUT2D eigenvalue weighted by Crippen LogP contribution is -2.35. The Kier molecular flexibility index (Phi) is 17.2. The minimum atomic E-state index is -0.934. The fraction of sp³-hybridized carbons (Fsp3) is 0.226. The van der Waals surface area contributed by atoms with E-state index in [2.05, 4.69) is 61.8 Å². The van der Waals surface area contributed by atoms with Gasteiger partial charge in [0.15, 0.2) is 0 Å². The van der Waals surface area contributed by atoms with E-state index in [0.29, 0.717) is 0 Å². The second kappa shape index (κ2) is 26.0. The van der Waals surface area contributed by atoms with Crippen LogP contribution in [0.5, 0.6) is 0 Å². The molecule has 0 unspecified atom stereocenters. The Bertz CT molecular complexity index is 3720. The number of aromatic nitrogens is 10. The molecule has 0 aliphatic heterocycles. The molecule has 10 N–H and O–H groups in total. The van der Waals surface area contributed by atoms with Gasteiger partial charge in [-0.05, 0) is 57.6 Å². The molecule has 0 saturated carbocycles. The summed E-state index contributed by atoms with van der Waals surface area (Å²) in [6.07, 6.45) is 8.30. The van der Waals surface area contributed by atoms with E-state index in [0.717, 1.165) is 77.0 Å². The Balaban J connectivity index is 0.854. The molecule has 0 bridgehead atoms.